The van der Waals surface area contributed by atoms with Crippen LogP contribution in [0.4, 0.5) is 6.01 Å². The summed E-state index contributed by atoms with van der Waals surface area (Å²) in [5.41, 5.74) is 1.29. The highest BCUT2D eigenvalue weighted by Gasteiger charge is 2.51. The van der Waals surface area contributed by atoms with Crippen molar-refractivity contribution in [2.24, 2.45) is 0 Å². The van der Waals surface area contributed by atoms with Crippen LogP contribution >= 0.6 is 11.6 Å². The molecule has 1 aliphatic heterocycles. The van der Waals surface area contributed by atoms with E-state index >= 15 is 0 Å². The summed E-state index contributed by atoms with van der Waals surface area (Å²) >= 11 is 6.15. The fourth-order valence-electron chi connectivity index (χ4n) is 2.71. The summed E-state index contributed by atoms with van der Waals surface area (Å²) in [6, 6.07) is 15.5. The number of halogens is 1. The van der Waals surface area contributed by atoms with E-state index in [1.54, 1.807) is 24.3 Å². The number of hydrogen-bond acceptors (Lipinski definition) is 5. The number of carbonyl (C=O) groups is 1. The molecule has 0 aliphatic carbocycles. The minimum atomic E-state index is -0.787. The lowest BCUT2D eigenvalue weighted by Gasteiger charge is -2.41. The van der Waals surface area contributed by atoms with Gasteiger partial charge in [0.25, 0.3) is 5.91 Å². The van der Waals surface area contributed by atoms with E-state index in [2.05, 4.69) is 10.2 Å². The molecule has 1 saturated heterocycles. The van der Waals surface area contributed by atoms with E-state index in [1.165, 1.54) is 4.90 Å². The van der Waals surface area contributed by atoms with E-state index in [0.29, 0.717) is 11.5 Å². The number of alkyl halides is 1. The van der Waals surface area contributed by atoms with Crippen molar-refractivity contribution < 1.29 is 14.3 Å². The molecule has 2 heterocycles. The number of phenolic OH excluding ortho intramolecular Hbond substituents is 1. The Kier molecular flexibility index (Phi) is 3.46. The molecule has 0 radical (unpaired) electrons. The van der Waals surface area contributed by atoms with Crippen LogP contribution < -0.4 is 4.90 Å². The van der Waals surface area contributed by atoms with Crippen molar-refractivity contribution >= 4 is 23.5 Å². The first kappa shape index (κ1) is 14.7. The first-order chi connectivity index (χ1) is 11.7. The molecule has 1 fully saturated rings. The summed E-state index contributed by atoms with van der Waals surface area (Å²) in [6.45, 7) is 0. The van der Waals surface area contributed by atoms with E-state index in [1.807, 2.05) is 30.3 Å². The minimum absolute atomic E-state index is 0.0593. The van der Waals surface area contributed by atoms with Gasteiger partial charge in [0.1, 0.15) is 11.1 Å². The number of phenols is 1. The summed E-state index contributed by atoms with van der Waals surface area (Å²) in [7, 11) is 0. The van der Waals surface area contributed by atoms with Crippen molar-refractivity contribution in [2.45, 2.75) is 11.4 Å². The molecule has 2 atom stereocenters. The number of aromatic nitrogens is 2. The standard InChI is InChI=1S/C17H12ClN3O3/c18-13-14(11-8-4-5-9-12(11)22)21(16(13)23)17-20-19-15(24-17)10-6-2-1-3-7-10/h1-9,13-14,22H. The summed E-state index contributed by atoms with van der Waals surface area (Å²) in [4.78, 5) is 13.5. The highest BCUT2D eigenvalue weighted by atomic mass is 35.5. The molecule has 1 aromatic heterocycles. The molecule has 1 aliphatic rings. The van der Waals surface area contributed by atoms with E-state index in [9.17, 15) is 9.90 Å². The lowest BCUT2D eigenvalue weighted by Crippen LogP contribution is -2.56. The molecule has 1 amide bonds. The number of carbonyl (C=O) groups excluding carboxylic acids is 1. The molecule has 3 aromatic rings. The van der Waals surface area contributed by atoms with E-state index in [-0.39, 0.29) is 17.7 Å². The number of nitrogens with zero attached hydrogens (tertiary/aromatic N) is 3. The fourth-order valence-corrected chi connectivity index (χ4v) is 3.07. The van der Waals surface area contributed by atoms with Gasteiger partial charge < -0.3 is 9.52 Å². The topological polar surface area (TPSA) is 79.5 Å². The van der Waals surface area contributed by atoms with Gasteiger partial charge >= 0.3 is 6.01 Å². The van der Waals surface area contributed by atoms with Crippen LogP contribution in [0.5, 0.6) is 5.75 Å². The Morgan fingerprint density at radius 3 is 2.50 bits per heavy atom. The second-order valence-corrected chi connectivity index (χ2v) is 5.84. The zero-order chi connectivity index (χ0) is 16.7. The number of para-hydroxylation sites is 1. The van der Waals surface area contributed by atoms with E-state index in [4.69, 9.17) is 16.0 Å². The van der Waals surface area contributed by atoms with Gasteiger partial charge in [-0.2, -0.15) is 0 Å². The van der Waals surface area contributed by atoms with Crippen LogP contribution in [0.25, 0.3) is 11.5 Å². The summed E-state index contributed by atoms with van der Waals surface area (Å²) in [5.74, 6) is 0.0362. The second-order valence-electron chi connectivity index (χ2n) is 5.37. The number of β-lactam (4-membered cyclic amide) rings is 1. The van der Waals surface area contributed by atoms with Crippen LogP contribution in [0.2, 0.25) is 0 Å². The van der Waals surface area contributed by atoms with Crippen LogP contribution in [0.1, 0.15) is 11.6 Å². The quantitative estimate of drug-likeness (QED) is 0.585. The van der Waals surface area contributed by atoms with Crippen LogP contribution in [0.15, 0.2) is 59.0 Å². The normalized spacial score (nSPS) is 20.0. The Bertz CT molecular complexity index is 897. The average molecular weight is 342 g/mol. The number of hydrogen-bond donors (Lipinski definition) is 1. The maximum atomic E-state index is 12.2. The molecule has 1 N–H and O–H groups in total. The number of benzene rings is 2. The Labute approximate surface area is 142 Å². The molecule has 24 heavy (non-hydrogen) atoms. The number of amides is 1. The van der Waals surface area contributed by atoms with Crippen molar-refractivity contribution in [3.63, 3.8) is 0 Å². The van der Waals surface area contributed by atoms with Crippen molar-refractivity contribution in [3.05, 3.63) is 60.2 Å². The highest BCUT2D eigenvalue weighted by molar-refractivity contribution is 6.37. The van der Waals surface area contributed by atoms with Gasteiger partial charge in [-0.25, -0.2) is 0 Å². The molecule has 7 heteroatoms. The van der Waals surface area contributed by atoms with Crippen molar-refractivity contribution in [1.29, 1.82) is 0 Å². The third-order valence-electron chi connectivity index (χ3n) is 3.93. The highest BCUT2D eigenvalue weighted by Crippen LogP contribution is 2.44. The van der Waals surface area contributed by atoms with E-state index in [0.717, 1.165) is 5.56 Å². The van der Waals surface area contributed by atoms with Crippen molar-refractivity contribution in [2.75, 3.05) is 4.90 Å². The average Bonchev–Trinajstić information content (AvgIpc) is 3.09. The lowest BCUT2D eigenvalue weighted by atomic mass is 9.93. The molecule has 4 rings (SSSR count). The van der Waals surface area contributed by atoms with E-state index < -0.39 is 11.4 Å². The van der Waals surface area contributed by atoms with Gasteiger partial charge in [0.15, 0.2) is 0 Å². The molecular formula is C17H12ClN3O3. The maximum Gasteiger partial charge on any atom is 0.325 e. The van der Waals surface area contributed by atoms with Crippen LogP contribution in [0, 0.1) is 0 Å². The lowest BCUT2D eigenvalue weighted by molar-refractivity contribution is -0.124. The third kappa shape index (κ3) is 2.23. The number of anilines is 1. The third-order valence-corrected chi connectivity index (χ3v) is 4.35. The second kappa shape index (κ2) is 5.65. The van der Waals surface area contributed by atoms with Crippen LogP contribution in [-0.4, -0.2) is 26.6 Å². The SMILES string of the molecule is O=C1C(Cl)C(c2ccccc2O)N1c1nnc(-c2ccccc2)o1. The zero-order valence-corrected chi connectivity index (χ0v) is 13.1. The Morgan fingerprint density at radius 2 is 1.75 bits per heavy atom. The number of aromatic hydroxyl groups is 1. The fraction of sp³-hybridized carbons (Fsp3) is 0.118. The molecule has 120 valence electrons. The Hall–Kier alpha value is -2.86. The number of rotatable bonds is 3. The van der Waals surface area contributed by atoms with Gasteiger partial charge in [0, 0.05) is 11.1 Å². The molecule has 6 nitrogen and oxygen atoms in total. The van der Waals surface area contributed by atoms with Gasteiger partial charge in [-0.05, 0) is 18.2 Å². The smallest absolute Gasteiger partial charge is 0.325 e. The summed E-state index contributed by atoms with van der Waals surface area (Å²) in [6.07, 6.45) is 0. The predicted octanol–water partition coefficient (Wildman–Crippen LogP) is 3.14. The summed E-state index contributed by atoms with van der Waals surface area (Å²) < 4.78 is 5.63. The molecule has 2 aromatic carbocycles. The minimum Gasteiger partial charge on any atom is -0.508 e. The van der Waals surface area contributed by atoms with Crippen molar-refractivity contribution in [1.82, 2.24) is 10.2 Å². The Morgan fingerprint density at radius 1 is 1.04 bits per heavy atom. The first-order valence-electron chi connectivity index (χ1n) is 7.31. The van der Waals surface area contributed by atoms with Gasteiger partial charge in [-0.3, -0.25) is 9.69 Å². The zero-order valence-electron chi connectivity index (χ0n) is 12.3. The van der Waals surface area contributed by atoms with Crippen LogP contribution in [-0.2, 0) is 4.79 Å². The van der Waals surface area contributed by atoms with Gasteiger partial charge in [-0.15, -0.1) is 16.7 Å². The molecular weight excluding hydrogens is 330 g/mol. The molecule has 0 bridgehead atoms. The molecule has 0 saturated carbocycles. The Balaban J connectivity index is 1.69. The monoisotopic (exact) mass is 341 g/mol. The predicted molar refractivity (Wildman–Crippen MR) is 87.7 cm³/mol. The summed E-state index contributed by atoms with van der Waals surface area (Å²) in [5, 5.41) is 17.2. The largest absolute Gasteiger partial charge is 0.508 e. The van der Waals surface area contributed by atoms with Gasteiger partial charge in [0.05, 0.1) is 6.04 Å². The van der Waals surface area contributed by atoms with Gasteiger partial charge in [-0.1, -0.05) is 41.5 Å². The molecule has 0 spiro atoms. The first-order valence-corrected chi connectivity index (χ1v) is 7.74. The van der Waals surface area contributed by atoms with Gasteiger partial charge in [0.2, 0.25) is 5.89 Å². The molecule has 2 unspecified atom stereocenters. The maximum absolute atomic E-state index is 12.2. The van der Waals surface area contributed by atoms with Crippen molar-refractivity contribution in [3.8, 4) is 17.2 Å². The van der Waals surface area contributed by atoms with Crippen LogP contribution in [0.3, 0.4) is 0 Å².